The van der Waals surface area contributed by atoms with Crippen molar-refractivity contribution in [3.05, 3.63) is 35.9 Å². The summed E-state index contributed by atoms with van der Waals surface area (Å²) in [6, 6.07) is 11.6. The molecule has 2 aliphatic rings. The van der Waals surface area contributed by atoms with Crippen LogP contribution in [0, 0.1) is 5.92 Å². The molecule has 0 bridgehead atoms. The molecule has 3 unspecified atom stereocenters. The second kappa shape index (κ2) is 10.5. The van der Waals surface area contributed by atoms with Gasteiger partial charge in [-0.25, -0.2) is 4.79 Å². The summed E-state index contributed by atoms with van der Waals surface area (Å²) in [6.07, 6.45) is 3.05. The van der Waals surface area contributed by atoms with E-state index in [2.05, 4.69) is 63.1 Å². The van der Waals surface area contributed by atoms with E-state index in [-0.39, 0.29) is 12.1 Å². The number of nitrogens with one attached hydrogen (secondary N) is 3. The lowest BCUT2D eigenvalue weighted by Gasteiger charge is -2.22. The van der Waals surface area contributed by atoms with E-state index in [0.29, 0.717) is 31.2 Å². The van der Waals surface area contributed by atoms with Crippen LogP contribution in [0.4, 0.5) is 4.79 Å². The Hall–Kier alpha value is -2.28. The van der Waals surface area contributed by atoms with Gasteiger partial charge in [-0.3, -0.25) is 9.89 Å². The molecule has 7 heteroatoms. The third-order valence-electron chi connectivity index (χ3n) is 5.76. The van der Waals surface area contributed by atoms with Crippen LogP contribution in [0.15, 0.2) is 35.3 Å². The highest BCUT2D eigenvalue weighted by atomic mass is 16.5. The zero-order valence-corrected chi connectivity index (χ0v) is 17.9. The number of carbonyl (C=O) groups excluding carboxylic acids is 1. The molecule has 1 heterocycles. The van der Waals surface area contributed by atoms with Crippen LogP contribution in [0.3, 0.4) is 0 Å². The van der Waals surface area contributed by atoms with Crippen LogP contribution in [0.2, 0.25) is 0 Å². The molecule has 7 nitrogen and oxygen atoms in total. The number of ether oxygens (including phenoxy) is 1. The van der Waals surface area contributed by atoms with Gasteiger partial charge in [-0.15, -0.1) is 0 Å². The van der Waals surface area contributed by atoms with Crippen LogP contribution in [0.1, 0.15) is 38.7 Å². The van der Waals surface area contributed by atoms with Crippen molar-refractivity contribution in [2.24, 2.45) is 10.9 Å². The zero-order valence-electron chi connectivity index (χ0n) is 17.9. The highest BCUT2D eigenvalue weighted by Gasteiger charge is 2.33. The SMILES string of the molecule is CCOC(=O)NC(CNC(=NC)NC1CC(C)N(Cc2ccccc2)C1)C1CC1. The summed E-state index contributed by atoms with van der Waals surface area (Å²) < 4.78 is 5.03. The average molecular weight is 402 g/mol. The molecule has 1 aromatic carbocycles. The number of nitrogens with zero attached hydrogens (tertiary/aromatic N) is 2. The third-order valence-corrected chi connectivity index (χ3v) is 5.76. The molecular weight excluding hydrogens is 366 g/mol. The molecule has 3 rings (SSSR count). The lowest BCUT2D eigenvalue weighted by Crippen LogP contribution is -2.50. The first-order chi connectivity index (χ1) is 14.1. The Bertz CT molecular complexity index is 677. The fourth-order valence-corrected chi connectivity index (χ4v) is 3.99. The number of aliphatic imine (C=N–C) groups is 1. The van der Waals surface area contributed by atoms with Crippen molar-refractivity contribution in [2.45, 2.75) is 57.8 Å². The van der Waals surface area contributed by atoms with Gasteiger partial charge in [-0.05, 0) is 44.6 Å². The Morgan fingerprint density at radius 1 is 1.31 bits per heavy atom. The number of alkyl carbamates (subject to hydrolysis) is 1. The van der Waals surface area contributed by atoms with E-state index in [4.69, 9.17) is 4.74 Å². The summed E-state index contributed by atoms with van der Waals surface area (Å²) in [5.41, 5.74) is 1.35. The third kappa shape index (κ3) is 6.63. The Kier molecular flexibility index (Phi) is 7.75. The monoisotopic (exact) mass is 401 g/mol. The Morgan fingerprint density at radius 3 is 2.72 bits per heavy atom. The van der Waals surface area contributed by atoms with Crippen molar-refractivity contribution in [3.63, 3.8) is 0 Å². The summed E-state index contributed by atoms with van der Waals surface area (Å²) in [5, 5.41) is 9.93. The minimum atomic E-state index is -0.338. The van der Waals surface area contributed by atoms with Crippen LogP contribution in [-0.4, -0.2) is 61.8 Å². The van der Waals surface area contributed by atoms with Gasteiger partial charge >= 0.3 is 6.09 Å². The van der Waals surface area contributed by atoms with E-state index in [0.717, 1.165) is 38.3 Å². The first-order valence-corrected chi connectivity index (χ1v) is 10.8. The van der Waals surface area contributed by atoms with Crippen LogP contribution in [0.5, 0.6) is 0 Å². The molecule has 1 aromatic rings. The first-order valence-electron chi connectivity index (χ1n) is 10.8. The molecule has 2 fully saturated rings. The number of hydrogen-bond donors (Lipinski definition) is 3. The molecule has 0 spiro atoms. The zero-order chi connectivity index (χ0) is 20.6. The van der Waals surface area contributed by atoms with E-state index < -0.39 is 0 Å². The lowest BCUT2D eigenvalue weighted by atomic mass is 10.2. The normalized spacial score (nSPS) is 23.5. The number of carbonyl (C=O) groups is 1. The maximum Gasteiger partial charge on any atom is 0.407 e. The minimum absolute atomic E-state index is 0.0738. The quantitative estimate of drug-likeness (QED) is 0.460. The van der Waals surface area contributed by atoms with E-state index in [1.807, 2.05) is 6.92 Å². The molecule has 160 valence electrons. The van der Waals surface area contributed by atoms with Gasteiger partial charge in [0.1, 0.15) is 0 Å². The van der Waals surface area contributed by atoms with Gasteiger partial charge in [-0.1, -0.05) is 30.3 Å². The van der Waals surface area contributed by atoms with Gasteiger partial charge in [0.05, 0.1) is 12.6 Å². The maximum atomic E-state index is 11.8. The first kappa shape index (κ1) is 21.4. The van der Waals surface area contributed by atoms with E-state index in [1.165, 1.54) is 5.56 Å². The van der Waals surface area contributed by atoms with Crippen LogP contribution in [0.25, 0.3) is 0 Å². The molecule has 0 radical (unpaired) electrons. The average Bonchev–Trinajstić information content (AvgIpc) is 3.50. The molecule has 1 saturated carbocycles. The molecule has 3 atom stereocenters. The van der Waals surface area contributed by atoms with Crippen LogP contribution in [-0.2, 0) is 11.3 Å². The van der Waals surface area contributed by atoms with Gasteiger partial charge < -0.3 is 20.7 Å². The van der Waals surface area contributed by atoms with Crippen molar-refractivity contribution < 1.29 is 9.53 Å². The van der Waals surface area contributed by atoms with Crippen molar-refractivity contribution in [2.75, 3.05) is 26.7 Å². The van der Waals surface area contributed by atoms with E-state index in [9.17, 15) is 4.79 Å². The fourth-order valence-electron chi connectivity index (χ4n) is 3.99. The topological polar surface area (TPSA) is 78.0 Å². The van der Waals surface area contributed by atoms with Gasteiger partial charge in [-0.2, -0.15) is 0 Å². The number of rotatable bonds is 8. The molecule has 1 aliphatic heterocycles. The number of hydrogen-bond acceptors (Lipinski definition) is 4. The molecule has 29 heavy (non-hydrogen) atoms. The number of guanidine groups is 1. The van der Waals surface area contributed by atoms with Gasteiger partial charge in [0.15, 0.2) is 5.96 Å². The Morgan fingerprint density at radius 2 is 2.07 bits per heavy atom. The van der Waals surface area contributed by atoms with Gasteiger partial charge in [0.25, 0.3) is 0 Å². The predicted octanol–water partition coefficient (Wildman–Crippen LogP) is 2.34. The fraction of sp³-hybridized carbons (Fsp3) is 0.636. The number of likely N-dealkylation sites (tertiary alicyclic amines) is 1. The second-order valence-electron chi connectivity index (χ2n) is 8.10. The van der Waals surface area contributed by atoms with Crippen molar-refractivity contribution >= 4 is 12.1 Å². The molecule has 1 aliphatic carbocycles. The summed E-state index contributed by atoms with van der Waals surface area (Å²) >= 11 is 0. The predicted molar refractivity (Wildman–Crippen MR) is 116 cm³/mol. The highest BCUT2D eigenvalue weighted by molar-refractivity contribution is 5.80. The minimum Gasteiger partial charge on any atom is -0.450 e. The van der Waals surface area contributed by atoms with Gasteiger partial charge in [0, 0.05) is 38.8 Å². The largest absolute Gasteiger partial charge is 0.450 e. The molecule has 3 N–H and O–H groups in total. The Labute approximate surface area is 174 Å². The summed E-state index contributed by atoms with van der Waals surface area (Å²) in [7, 11) is 1.79. The van der Waals surface area contributed by atoms with Crippen LogP contribution >= 0.6 is 0 Å². The highest BCUT2D eigenvalue weighted by Crippen LogP contribution is 2.32. The van der Waals surface area contributed by atoms with Gasteiger partial charge in [0.2, 0.25) is 0 Å². The summed E-state index contributed by atoms with van der Waals surface area (Å²) in [6.45, 7) is 7.11. The number of benzene rings is 1. The lowest BCUT2D eigenvalue weighted by molar-refractivity contribution is 0.146. The van der Waals surface area contributed by atoms with E-state index >= 15 is 0 Å². The van der Waals surface area contributed by atoms with Crippen molar-refractivity contribution in [1.82, 2.24) is 20.9 Å². The maximum absolute atomic E-state index is 11.8. The standard InChI is InChI=1S/C22H35N5O2/c1-4-29-22(28)26-20(18-10-11-18)13-24-21(23-3)25-19-12-16(2)27(15-19)14-17-8-6-5-7-9-17/h5-9,16,18-20H,4,10-15H2,1-3H3,(H,26,28)(H2,23,24,25). The molecule has 1 saturated heterocycles. The smallest absolute Gasteiger partial charge is 0.407 e. The number of amides is 1. The summed E-state index contributed by atoms with van der Waals surface area (Å²) in [5.74, 6) is 1.32. The molecule has 1 amide bonds. The Balaban J connectivity index is 1.46. The molecule has 0 aromatic heterocycles. The van der Waals surface area contributed by atoms with Crippen molar-refractivity contribution in [1.29, 1.82) is 0 Å². The van der Waals surface area contributed by atoms with E-state index in [1.54, 1.807) is 7.05 Å². The summed E-state index contributed by atoms with van der Waals surface area (Å²) in [4.78, 5) is 18.7. The second-order valence-corrected chi connectivity index (χ2v) is 8.10. The molecular formula is C22H35N5O2. The van der Waals surface area contributed by atoms with Crippen molar-refractivity contribution in [3.8, 4) is 0 Å². The van der Waals surface area contributed by atoms with Crippen LogP contribution < -0.4 is 16.0 Å².